The van der Waals surface area contributed by atoms with Gasteiger partial charge in [-0.1, -0.05) is 0 Å². The minimum atomic E-state index is -0.291. The fourth-order valence-electron chi connectivity index (χ4n) is 1.93. The van der Waals surface area contributed by atoms with Gasteiger partial charge in [0.2, 0.25) is 0 Å². The molecule has 1 fully saturated rings. The Balaban J connectivity index is 2.23. The molecule has 1 aliphatic rings. The predicted molar refractivity (Wildman–Crippen MR) is 70.0 cm³/mol. The van der Waals surface area contributed by atoms with Gasteiger partial charge < -0.3 is 10.2 Å². The van der Waals surface area contributed by atoms with Gasteiger partial charge >= 0.3 is 0 Å². The molecule has 0 saturated carbocycles. The molecule has 0 bridgehead atoms. The summed E-state index contributed by atoms with van der Waals surface area (Å²) in [6, 6.07) is 6.01. The standard InChI is InChI=1S/C14H17FN2O/c1-3-17(13-6-4-12(15)5-7-13)14(18)10(2)11-8-16-9-11/h4-7,16H,3,8-9H2,1-2H3. The lowest BCUT2D eigenvalue weighted by atomic mass is 10.0. The van der Waals surface area contributed by atoms with E-state index in [-0.39, 0.29) is 11.7 Å². The van der Waals surface area contributed by atoms with E-state index in [1.165, 1.54) is 12.1 Å². The second-order valence-electron chi connectivity index (χ2n) is 4.36. The first-order valence-electron chi connectivity index (χ1n) is 6.10. The molecule has 0 aliphatic carbocycles. The first-order valence-corrected chi connectivity index (χ1v) is 6.10. The van der Waals surface area contributed by atoms with E-state index in [9.17, 15) is 9.18 Å². The molecule has 4 heteroatoms. The third-order valence-electron chi connectivity index (χ3n) is 3.23. The first kappa shape index (κ1) is 12.8. The third-order valence-corrected chi connectivity index (χ3v) is 3.23. The highest BCUT2D eigenvalue weighted by Crippen LogP contribution is 2.19. The number of nitrogens with one attached hydrogen (secondary N) is 1. The van der Waals surface area contributed by atoms with Crippen molar-refractivity contribution < 1.29 is 9.18 Å². The van der Waals surface area contributed by atoms with Crippen LogP contribution in [0.4, 0.5) is 10.1 Å². The van der Waals surface area contributed by atoms with Gasteiger partial charge in [-0.3, -0.25) is 4.79 Å². The molecule has 0 atom stereocenters. The number of rotatable bonds is 3. The second kappa shape index (κ2) is 5.31. The van der Waals surface area contributed by atoms with E-state index < -0.39 is 0 Å². The van der Waals surface area contributed by atoms with Crippen molar-refractivity contribution >= 4 is 11.6 Å². The normalized spacial score (nSPS) is 14.1. The van der Waals surface area contributed by atoms with Crippen molar-refractivity contribution in [3.8, 4) is 0 Å². The molecular formula is C14H17FN2O. The molecule has 1 saturated heterocycles. The highest BCUT2D eigenvalue weighted by Gasteiger charge is 2.21. The van der Waals surface area contributed by atoms with Gasteiger partial charge in [-0.2, -0.15) is 0 Å². The van der Waals surface area contributed by atoms with Gasteiger partial charge in [-0.05, 0) is 43.7 Å². The van der Waals surface area contributed by atoms with Gasteiger partial charge in [-0.15, -0.1) is 0 Å². The summed E-state index contributed by atoms with van der Waals surface area (Å²) in [5.74, 6) is -0.291. The quantitative estimate of drug-likeness (QED) is 0.831. The summed E-state index contributed by atoms with van der Waals surface area (Å²) in [6.07, 6.45) is 0. The van der Waals surface area contributed by atoms with E-state index in [1.54, 1.807) is 17.0 Å². The zero-order valence-corrected chi connectivity index (χ0v) is 10.7. The molecule has 0 spiro atoms. The molecule has 1 aliphatic heterocycles. The monoisotopic (exact) mass is 248 g/mol. The minimum Gasteiger partial charge on any atom is -0.309 e. The second-order valence-corrected chi connectivity index (χ2v) is 4.36. The van der Waals surface area contributed by atoms with Gasteiger partial charge in [0.05, 0.1) is 0 Å². The maximum atomic E-state index is 12.9. The zero-order valence-electron chi connectivity index (χ0n) is 10.7. The number of benzene rings is 1. The Labute approximate surface area is 106 Å². The van der Waals surface area contributed by atoms with Gasteiger partial charge in [0, 0.05) is 30.9 Å². The summed E-state index contributed by atoms with van der Waals surface area (Å²) in [5.41, 5.74) is 2.68. The van der Waals surface area contributed by atoms with E-state index in [0.29, 0.717) is 6.54 Å². The van der Waals surface area contributed by atoms with Crippen molar-refractivity contribution in [2.45, 2.75) is 13.8 Å². The van der Waals surface area contributed by atoms with Crippen LogP contribution in [0, 0.1) is 5.82 Å². The van der Waals surface area contributed by atoms with E-state index in [0.717, 1.165) is 29.9 Å². The predicted octanol–water partition coefficient (Wildman–Crippen LogP) is 2.10. The van der Waals surface area contributed by atoms with Gasteiger partial charge in [-0.25, -0.2) is 4.39 Å². The van der Waals surface area contributed by atoms with E-state index >= 15 is 0 Å². The number of hydrogen-bond donors (Lipinski definition) is 1. The van der Waals surface area contributed by atoms with Crippen molar-refractivity contribution in [1.82, 2.24) is 5.32 Å². The fraction of sp³-hybridized carbons (Fsp3) is 0.357. The molecule has 1 aromatic carbocycles. The Morgan fingerprint density at radius 2 is 1.94 bits per heavy atom. The Kier molecular flexibility index (Phi) is 3.77. The number of halogens is 1. The number of anilines is 1. The van der Waals surface area contributed by atoms with Crippen LogP contribution in [-0.4, -0.2) is 25.5 Å². The Morgan fingerprint density at radius 1 is 1.33 bits per heavy atom. The third kappa shape index (κ3) is 2.43. The topological polar surface area (TPSA) is 32.3 Å². The van der Waals surface area contributed by atoms with Gasteiger partial charge in [0.25, 0.3) is 5.91 Å². The van der Waals surface area contributed by atoms with Crippen LogP contribution in [0.1, 0.15) is 13.8 Å². The molecule has 2 rings (SSSR count). The van der Waals surface area contributed by atoms with Crippen LogP contribution in [0.25, 0.3) is 0 Å². The molecule has 0 radical (unpaired) electrons. The maximum Gasteiger partial charge on any atom is 0.253 e. The molecule has 0 unspecified atom stereocenters. The minimum absolute atomic E-state index is 0.000563. The molecule has 18 heavy (non-hydrogen) atoms. The summed E-state index contributed by atoms with van der Waals surface area (Å²) < 4.78 is 12.9. The average molecular weight is 248 g/mol. The van der Waals surface area contributed by atoms with E-state index in [2.05, 4.69) is 5.32 Å². The van der Waals surface area contributed by atoms with Crippen LogP contribution in [0.15, 0.2) is 35.4 Å². The van der Waals surface area contributed by atoms with Crippen molar-refractivity contribution in [3.63, 3.8) is 0 Å². The zero-order chi connectivity index (χ0) is 13.1. The highest BCUT2D eigenvalue weighted by molar-refractivity contribution is 6.05. The summed E-state index contributed by atoms with van der Waals surface area (Å²) in [7, 11) is 0. The van der Waals surface area contributed by atoms with Crippen LogP contribution >= 0.6 is 0 Å². The SMILES string of the molecule is CCN(C(=O)C(C)=C1CNC1)c1ccc(F)cc1. The summed E-state index contributed by atoms with van der Waals surface area (Å²) in [4.78, 5) is 14.0. The van der Waals surface area contributed by atoms with Crippen LogP contribution < -0.4 is 10.2 Å². The number of nitrogens with zero attached hydrogens (tertiary/aromatic N) is 1. The van der Waals surface area contributed by atoms with Crippen LogP contribution in [0.3, 0.4) is 0 Å². The highest BCUT2D eigenvalue weighted by atomic mass is 19.1. The van der Waals surface area contributed by atoms with E-state index in [1.807, 2.05) is 13.8 Å². The largest absolute Gasteiger partial charge is 0.309 e. The molecular weight excluding hydrogens is 231 g/mol. The summed E-state index contributed by atoms with van der Waals surface area (Å²) >= 11 is 0. The van der Waals surface area contributed by atoms with Gasteiger partial charge in [0.15, 0.2) is 0 Å². The average Bonchev–Trinajstić information content (AvgIpc) is 2.30. The van der Waals surface area contributed by atoms with Crippen molar-refractivity contribution in [3.05, 3.63) is 41.2 Å². The number of hydrogen-bond acceptors (Lipinski definition) is 2. The smallest absolute Gasteiger partial charge is 0.253 e. The van der Waals surface area contributed by atoms with E-state index in [4.69, 9.17) is 0 Å². The Bertz CT molecular complexity index is 473. The Hall–Kier alpha value is -1.68. The molecule has 1 amide bonds. The molecule has 3 nitrogen and oxygen atoms in total. The van der Waals surface area contributed by atoms with Crippen LogP contribution in [0.2, 0.25) is 0 Å². The summed E-state index contributed by atoms with van der Waals surface area (Å²) in [6.45, 7) is 5.92. The number of carbonyl (C=O) groups is 1. The summed E-state index contributed by atoms with van der Waals surface area (Å²) in [5, 5.41) is 3.12. The number of amides is 1. The van der Waals surface area contributed by atoms with Crippen LogP contribution in [0.5, 0.6) is 0 Å². The van der Waals surface area contributed by atoms with Gasteiger partial charge in [0.1, 0.15) is 5.82 Å². The van der Waals surface area contributed by atoms with Crippen molar-refractivity contribution in [2.24, 2.45) is 0 Å². The maximum absolute atomic E-state index is 12.9. The Morgan fingerprint density at radius 3 is 2.39 bits per heavy atom. The molecule has 0 aromatic heterocycles. The van der Waals surface area contributed by atoms with Crippen LogP contribution in [-0.2, 0) is 4.79 Å². The lowest BCUT2D eigenvalue weighted by Gasteiger charge is -2.26. The fourth-order valence-corrected chi connectivity index (χ4v) is 1.93. The molecule has 96 valence electrons. The molecule has 1 heterocycles. The van der Waals surface area contributed by atoms with Crippen molar-refractivity contribution in [2.75, 3.05) is 24.5 Å². The molecule has 1 aromatic rings. The lowest BCUT2D eigenvalue weighted by molar-refractivity contribution is -0.115. The number of carbonyl (C=O) groups excluding carboxylic acids is 1. The first-order chi connectivity index (χ1) is 8.63. The molecule has 1 N–H and O–H groups in total. The van der Waals surface area contributed by atoms with Crippen molar-refractivity contribution in [1.29, 1.82) is 0 Å². The lowest BCUT2D eigenvalue weighted by Crippen LogP contribution is -2.39. The number of likely N-dealkylation sites (N-methyl/N-ethyl adjacent to an activating group) is 1.